The Hall–Kier alpha value is -4.26. The summed E-state index contributed by atoms with van der Waals surface area (Å²) in [4.78, 5) is 21.5. The van der Waals surface area contributed by atoms with Crippen LogP contribution in [0.15, 0.2) is 42.9 Å². The molecule has 3 aromatic heterocycles. The Morgan fingerprint density at radius 3 is 2.41 bits per heavy atom. The summed E-state index contributed by atoms with van der Waals surface area (Å²) >= 11 is 0. The first-order valence-electron chi connectivity index (χ1n) is 12.3. The maximum absolute atomic E-state index is 13.7. The highest BCUT2D eigenvalue weighted by Gasteiger charge is 2.32. The molecule has 5 rings (SSSR count). The molecular weight excluding hydrogens is 511 g/mol. The summed E-state index contributed by atoms with van der Waals surface area (Å²) in [6.45, 7) is 6.34. The van der Waals surface area contributed by atoms with Gasteiger partial charge in [-0.3, -0.25) is 14.5 Å². The number of amides is 1. The highest BCUT2D eigenvalue weighted by molar-refractivity contribution is 6.04. The Morgan fingerprint density at radius 2 is 1.74 bits per heavy atom. The third-order valence-electron chi connectivity index (χ3n) is 6.95. The molecule has 39 heavy (non-hydrogen) atoms. The van der Waals surface area contributed by atoms with Crippen molar-refractivity contribution in [3.05, 3.63) is 65.4 Å². The van der Waals surface area contributed by atoms with Gasteiger partial charge >= 0.3 is 6.18 Å². The summed E-state index contributed by atoms with van der Waals surface area (Å²) in [6, 6.07) is 5.22. The highest BCUT2D eigenvalue weighted by atomic mass is 19.4. The number of aryl methyl sites for hydroxylation is 2. The van der Waals surface area contributed by atoms with Gasteiger partial charge in [0.1, 0.15) is 5.69 Å². The number of anilines is 2. The number of nitrogens with one attached hydrogen (secondary N) is 1. The lowest BCUT2D eigenvalue weighted by Crippen LogP contribution is -2.44. The van der Waals surface area contributed by atoms with Crippen molar-refractivity contribution in [2.75, 3.05) is 43.4 Å². The largest absolute Gasteiger partial charge is 0.416 e. The summed E-state index contributed by atoms with van der Waals surface area (Å²) in [5.41, 5.74) is 3.29. The molecule has 0 aliphatic carbocycles. The predicted molar refractivity (Wildman–Crippen MR) is 140 cm³/mol. The normalized spacial score (nSPS) is 14.6. The molecule has 0 atom stereocenters. The lowest BCUT2D eigenvalue weighted by molar-refractivity contribution is -0.137. The zero-order chi connectivity index (χ0) is 27.9. The third-order valence-corrected chi connectivity index (χ3v) is 6.95. The van der Waals surface area contributed by atoms with Gasteiger partial charge in [-0.05, 0) is 45.2 Å². The lowest BCUT2D eigenvalue weighted by atomic mass is 10.1. The van der Waals surface area contributed by atoms with Crippen molar-refractivity contribution in [3.63, 3.8) is 0 Å². The molecule has 1 N–H and O–H groups in total. The molecule has 0 radical (unpaired) electrons. The fourth-order valence-corrected chi connectivity index (χ4v) is 4.43. The number of carbonyl (C=O) groups excluding carboxylic acids is 1. The van der Waals surface area contributed by atoms with Crippen LogP contribution in [0.3, 0.4) is 0 Å². The molecule has 0 bridgehead atoms. The summed E-state index contributed by atoms with van der Waals surface area (Å²) in [6.07, 6.45) is 0.235. The lowest BCUT2D eigenvalue weighted by Gasteiger charge is -2.34. The number of carbonyl (C=O) groups is 1. The molecule has 1 fully saturated rings. The standard InChI is InChI=1S/C26H28F3N9O/c1-16-24(38-15-23(33-34-38)22-14-31-36(4)17(22)2)9-18(13-30-16)25(39)32-20-10-19(26(27,28)29)11-21(12-20)37-7-5-35(3)6-8-37/h9-15H,5-8H2,1-4H3,(H,32,39). The molecule has 1 aliphatic rings. The fraction of sp³-hybridized carbons (Fsp3) is 0.346. The molecule has 204 valence electrons. The molecule has 0 saturated carbocycles. The number of rotatable bonds is 5. The molecular formula is C26H28F3N9O. The Labute approximate surface area is 223 Å². The maximum Gasteiger partial charge on any atom is 0.416 e. The van der Waals surface area contributed by atoms with Crippen molar-refractivity contribution in [2.45, 2.75) is 20.0 Å². The number of hydrogen-bond donors (Lipinski definition) is 1. The van der Waals surface area contributed by atoms with Crippen molar-refractivity contribution in [1.29, 1.82) is 0 Å². The zero-order valence-corrected chi connectivity index (χ0v) is 22.0. The second-order valence-electron chi connectivity index (χ2n) is 9.65. The number of aromatic nitrogens is 6. The van der Waals surface area contributed by atoms with Crippen LogP contribution in [0, 0.1) is 13.8 Å². The number of hydrogen-bond acceptors (Lipinski definition) is 7. The molecule has 1 saturated heterocycles. The number of pyridine rings is 1. The van der Waals surface area contributed by atoms with E-state index in [2.05, 4.69) is 30.6 Å². The van der Waals surface area contributed by atoms with Crippen LogP contribution in [-0.2, 0) is 13.2 Å². The molecule has 4 heterocycles. The van der Waals surface area contributed by atoms with Gasteiger partial charge in [-0.25, -0.2) is 4.68 Å². The summed E-state index contributed by atoms with van der Waals surface area (Å²) in [7, 11) is 3.80. The van der Waals surface area contributed by atoms with E-state index in [-0.39, 0.29) is 11.3 Å². The second-order valence-corrected chi connectivity index (χ2v) is 9.65. The van der Waals surface area contributed by atoms with Crippen LogP contribution in [-0.4, -0.2) is 73.8 Å². The fourth-order valence-electron chi connectivity index (χ4n) is 4.43. The number of alkyl halides is 3. The van der Waals surface area contributed by atoms with Crippen molar-refractivity contribution in [1.82, 2.24) is 34.7 Å². The van der Waals surface area contributed by atoms with Crippen LogP contribution in [0.4, 0.5) is 24.5 Å². The maximum atomic E-state index is 13.7. The monoisotopic (exact) mass is 539 g/mol. The number of piperazine rings is 1. The van der Waals surface area contributed by atoms with Gasteiger partial charge in [0.2, 0.25) is 0 Å². The van der Waals surface area contributed by atoms with Crippen LogP contribution in [0.25, 0.3) is 16.9 Å². The van der Waals surface area contributed by atoms with Gasteiger partial charge in [-0.1, -0.05) is 5.21 Å². The van der Waals surface area contributed by atoms with Gasteiger partial charge in [-0.15, -0.1) is 5.10 Å². The Morgan fingerprint density at radius 1 is 1.00 bits per heavy atom. The van der Waals surface area contributed by atoms with Crippen molar-refractivity contribution in [3.8, 4) is 16.9 Å². The zero-order valence-electron chi connectivity index (χ0n) is 22.0. The summed E-state index contributed by atoms with van der Waals surface area (Å²) in [5, 5.41) is 15.3. The molecule has 1 aromatic carbocycles. The molecule has 10 nitrogen and oxygen atoms in total. The van der Waals surface area contributed by atoms with E-state index in [1.807, 2.05) is 25.9 Å². The summed E-state index contributed by atoms with van der Waals surface area (Å²) in [5.74, 6) is -0.587. The molecule has 13 heteroatoms. The first kappa shape index (κ1) is 26.4. The molecule has 4 aromatic rings. The topological polar surface area (TPSA) is 97.0 Å². The van der Waals surface area contributed by atoms with E-state index >= 15 is 0 Å². The number of halogens is 3. The van der Waals surface area contributed by atoms with E-state index in [1.165, 1.54) is 10.9 Å². The smallest absolute Gasteiger partial charge is 0.369 e. The van der Waals surface area contributed by atoms with Crippen molar-refractivity contribution < 1.29 is 18.0 Å². The van der Waals surface area contributed by atoms with Crippen LogP contribution in [0.1, 0.15) is 27.3 Å². The van der Waals surface area contributed by atoms with Crippen LogP contribution < -0.4 is 10.2 Å². The quantitative estimate of drug-likeness (QED) is 0.413. The summed E-state index contributed by atoms with van der Waals surface area (Å²) < 4.78 is 44.4. The highest BCUT2D eigenvalue weighted by Crippen LogP contribution is 2.35. The second kappa shape index (κ2) is 10.1. The minimum Gasteiger partial charge on any atom is -0.369 e. The van der Waals surface area contributed by atoms with E-state index in [0.29, 0.717) is 35.9 Å². The number of nitrogens with zero attached hydrogens (tertiary/aromatic N) is 8. The minimum atomic E-state index is -4.56. The van der Waals surface area contributed by atoms with Crippen LogP contribution in [0.2, 0.25) is 0 Å². The van der Waals surface area contributed by atoms with Gasteiger partial charge in [0.05, 0.1) is 34.9 Å². The van der Waals surface area contributed by atoms with Gasteiger partial charge in [0.15, 0.2) is 0 Å². The van der Waals surface area contributed by atoms with Gasteiger partial charge in [0.25, 0.3) is 5.91 Å². The van der Waals surface area contributed by atoms with E-state index in [9.17, 15) is 18.0 Å². The molecule has 1 amide bonds. The van der Waals surface area contributed by atoms with Gasteiger partial charge in [0, 0.05) is 62.1 Å². The Kier molecular flexibility index (Phi) is 6.85. The third kappa shape index (κ3) is 5.48. The van der Waals surface area contributed by atoms with Gasteiger partial charge in [-0.2, -0.15) is 18.3 Å². The number of likely N-dealkylation sites (N-methyl/N-ethyl adjacent to an activating group) is 1. The molecule has 0 unspecified atom stereocenters. The SMILES string of the molecule is Cc1ncc(C(=O)Nc2cc(N3CCN(C)CC3)cc(C(F)(F)F)c2)cc1-n1cc(-c2cnn(C)c2C)nn1. The minimum absolute atomic E-state index is 0.0565. The number of benzene rings is 1. The first-order chi connectivity index (χ1) is 18.5. The molecule has 1 aliphatic heterocycles. The average Bonchev–Trinajstić information content (AvgIpc) is 3.50. The van der Waals surface area contributed by atoms with E-state index in [4.69, 9.17) is 0 Å². The van der Waals surface area contributed by atoms with E-state index in [1.54, 1.807) is 36.1 Å². The van der Waals surface area contributed by atoms with Crippen LogP contribution >= 0.6 is 0 Å². The Bertz CT molecular complexity index is 1520. The van der Waals surface area contributed by atoms with Crippen LogP contribution in [0.5, 0.6) is 0 Å². The first-order valence-corrected chi connectivity index (χ1v) is 12.3. The van der Waals surface area contributed by atoms with E-state index in [0.717, 1.165) is 36.5 Å². The Balaban J connectivity index is 1.42. The predicted octanol–water partition coefficient (Wildman–Crippen LogP) is 3.70. The van der Waals surface area contributed by atoms with Gasteiger partial charge < -0.3 is 15.1 Å². The van der Waals surface area contributed by atoms with E-state index < -0.39 is 17.6 Å². The van der Waals surface area contributed by atoms with Crippen molar-refractivity contribution in [2.24, 2.45) is 7.05 Å². The average molecular weight is 540 g/mol. The molecule has 0 spiro atoms. The van der Waals surface area contributed by atoms with Crippen molar-refractivity contribution >= 4 is 17.3 Å².